The highest BCUT2D eigenvalue weighted by Crippen LogP contribution is 1.94. The molecule has 0 aliphatic rings. The summed E-state index contributed by atoms with van der Waals surface area (Å²) in [5.74, 6) is 0.628. The van der Waals surface area contributed by atoms with Gasteiger partial charge in [-0.05, 0) is 23.6 Å². The van der Waals surface area contributed by atoms with E-state index in [9.17, 15) is 0 Å². The van der Waals surface area contributed by atoms with Gasteiger partial charge in [0.2, 0.25) is 0 Å². The summed E-state index contributed by atoms with van der Waals surface area (Å²) in [5, 5.41) is 0. The van der Waals surface area contributed by atoms with Crippen molar-refractivity contribution in [2.45, 2.75) is 13.8 Å². The summed E-state index contributed by atoms with van der Waals surface area (Å²) < 4.78 is 0. The van der Waals surface area contributed by atoms with Gasteiger partial charge < -0.3 is 0 Å². The predicted octanol–water partition coefficient (Wildman–Crippen LogP) is 2.16. The fourth-order valence-electron chi connectivity index (χ4n) is 0.818. The van der Waals surface area contributed by atoms with Crippen LogP contribution in [0.3, 0.4) is 0 Å². The van der Waals surface area contributed by atoms with Crippen molar-refractivity contribution in [2.24, 2.45) is 10.9 Å². The predicted molar refractivity (Wildman–Crippen MR) is 51.5 cm³/mol. The third kappa shape index (κ3) is 3.28. The van der Waals surface area contributed by atoms with E-state index < -0.39 is 0 Å². The monoisotopic (exact) mass is 162 g/mol. The van der Waals surface area contributed by atoms with E-state index in [-0.39, 0.29) is 0 Å². The summed E-state index contributed by atoms with van der Waals surface area (Å²) in [4.78, 5) is 8.22. The van der Waals surface area contributed by atoms with Gasteiger partial charge in [-0.3, -0.25) is 9.98 Å². The highest BCUT2D eigenvalue weighted by Gasteiger charge is 1.88. The Morgan fingerprint density at radius 2 is 2.08 bits per heavy atom. The molecule has 0 saturated carbocycles. The Labute approximate surface area is 73.4 Å². The van der Waals surface area contributed by atoms with Crippen molar-refractivity contribution in [3.05, 3.63) is 30.1 Å². The molecule has 0 unspecified atom stereocenters. The SMILES string of the molecule is CC(C)C/N=C/c1ccncc1. The number of pyridine rings is 1. The number of hydrogen-bond donors (Lipinski definition) is 0. The number of aromatic nitrogens is 1. The molecule has 2 heteroatoms. The fraction of sp³-hybridized carbons (Fsp3) is 0.400. The van der Waals surface area contributed by atoms with Gasteiger partial charge in [0.1, 0.15) is 0 Å². The standard InChI is InChI=1S/C10H14N2/c1-9(2)7-12-8-10-3-5-11-6-4-10/h3-6,8-9H,7H2,1-2H3/b12-8+. The number of aliphatic imine (C=N–C) groups is 1. The minimum Gasteiger partial charge on any atom is -0.292 e. The molecule has 0 radical (unpaired) electrons. The van der Waals surface area contributed by atoms with Crippen LogP contribution in [0.15, 0.2) is 29.5 Å². The molecule has 12 heavy (non-hydrogen) atoms. The van der Waals surface area contributed by atoms with E-state index in [0.29, 0.717) is 5.92 Å². The molecule has 64 valence electrons. The van der Waals surface area contributed by atoms with Gasteiger partial charge in [-0.15, -0.1) is 0 Å². The van der Waals surface area contributed by atoms with E-state index in [2.05, 4.69) is 23.8 Å². The van der Waals surface area contributed by atoms with E-state index in [1.54, 1.807) is 12.4 Å². The molecular weight excluding hydrogens is 148 g/mol. The molecule has 1 aromatic rings. The summed E-state index contributed by atoms with van der Waals surface area (Å²) >= 11 is 0. The average Bonchev–Trinajstić information content (AvgIpc) is 2.05. The van der Waals surface area contributed by atoms with Gasteiger partial charge in [-0.25, -0.2) is 0 Å². The Morgan fingerprint density at radius 1 is 1.42 bits per heavy atom. The first-order valence-corrected chi connectivity index (χ1v) is 4.19. The Bertz CT molecular complexity index is 239. The van der Waals surface area contributed by atoms with Crippen LogP contribution in [0.2, 0.25) is 0 Å². The Morgan fingerprint density at radius 3 is 2.67 bits per heavy atom. The molecule has 0 aromatic carbocycles. The molecular formula is C10H14N2. The molecule has 1 heterocycles. The van der Waals surface area contributed by atoms with Gasteiger partial charge in [-0.2, -0.15) is 0 Å². The van der Waals surface area contributed by atoms with E-state index in [1.165, 1.54) is 0 Å². The van der Waals surface area contributed by atoms with Gasteiger partial charge in [0.15, 0.2) is 0 Å². The maximum Gasteiger partial charge on any atom is 0.0412 e. The first kappa shape index (κ1) is 8.91. The van der Waals surface area contributed by atoms with Crippen molar-refractivity contribution in [3.63, 3.8) is 0 Å². The summed E-state index contributed by atoms with van der Waals surface area (Å²) in [6.07, 6.45) is 5.44. The lowest BCUT2D eigenvalue weighted by atomic mass is 10.2. The lowest BCUT2D eigenvalue weighted by Crippen LogP contribution is -1.92. The maximum absolute atomic E-state index is 4.29. The minimum absolute atomic E-state index is 0.628. The van der Waals surface area contributed by atoms with Crippen LogP contribution in [0.1, 0.15) is 19.4 Å². The van der Waals surface area contributed by atoms with Crippen LogP contribution in [-0.2, 0) is 0 Å². The molecule has 0 spiro atoms. The quantitative estimate of drug-likeness (QED) is 0.625. The third-order valence-corrected chi connectivity index (χ3v) is 1.42. The smallest absolute Gasteiger partial charge is 0.0412 e. The summed E-state index contributed by atoms with van der Waals surface area (Å²) in [6.45, 7) is 5.20. The lowest BCUT2D eigenvalue weighted by molar-refractivity contribution is 0.667. The van der Waals surface area contributed by atoms with Crippen LogP contribution in [0, 0.1) is 5.92 Å². The molecule has 0 aliphatic carbocycles. The Hall–Kier alpha value is -1.18. The molecule has 0 atom stereocenters. The Kier molecular flexibility index (Phi) is 3.45. The molecule has 2 nitrogen and oxygen atoms in total. The lowest BCUT2D eigenvalue weighted by Gasteiger charge is -1.96. The van der Waals surface area contributed by atoms with E-state index in [1.807, 2.05) is 18.3 Å². The van der Waals surface area contributed by atoms with E-state index in [4.69, 9.17) is 0 Å². The topological polar surface area (TPSA) is 25.2 Å². The molecule has 0 bridgehead atoms. The normalized spacial score (nSPS) is 11.2. The van der Waals surface area contributed by atoms with Crippen LogP contribution in [-0.4, -0.2) is 17.7 Å². The molecule has 0 aliphatic heterocycles. The van der Waals surface area contributed by atoms with Crippen molar-refractivity contribution in [1.82, 2.24) is 4.98 Å². The third-order valence-electron chi connectivity index (χ3n) is 1.42. The van der Waals surface area contributed by atoms with Crippen molar-refractivity contribution in [1.29, 1.82) is 0 Å². The zero-order valence-corrected chi connectivity index (χ0v) is 7.57. The minimum atomic E-state index is 0.628. The first-order chi connectivity index (χ1) is 5.79. The molecule has 1 rings (SSSR count). The van der Waals surface area contributed by atoms with E-state index in [0.717, 1.165) is 12.1 Å². The molecule has 1 aromatic heterocycles. The van der Waals surface area contributed by atoms with Crippen molar-refractivity contribution in [2.75, 3.05) is 6.54 Å². The summed E-state index contributed by atoms with van der Waals surface area (Å²) in [7, 11) is 0. The summed E-state index contributed by atoms with van der Waals surface area (Å²) in [5.41, 5.74) is 1.12. The van der Waals surface area contributed by atoms with Crippen molar-refractivity contribution in [3.8, 4) is 0 Å². The van der Waals surface area contributed by atoms with Crippen LogP contribution in [0.4, 0.5) is 0 Å². The second kappa shape index (κ2) is 4.65. The van der Waals surface area contributed by atoms with Gasteiger partial charge in [0.25, 0.3) is 0 Å². The van der Waals surface area contributed by atoms with Crippen LogP contribution in [0.5, 0.6) is 0 Å². The van der Waals surface area contributed by atoms with Crippen LogP contribution < -0.4 is 0 Å². The highest BCUT2D eigenvalue weighted by molar-refractivity contribution is 5.79. The first-order valence-electron chi connectivity index (χ1n) is 4.19. The highest BCUT2D eigenvalue weighted by atomic mass is 14.7. The van der Waals surface area contributed by atoms with Crippen molar-refractivity contribution >= 4 is 6.21 Å². The molecule has 0 fully saturated rings. The number of nitrogens with zero attached hydrogens (tertiary/aromatic N) is 2. The van der Waals surface area contributed by atoms with Gasteiger partial charge in [0.05, 0.1) is 0 Å². The molecule has 0 amide bonds. The van der Waals surface area contributed by atoms with Gasteiger partial charge in [-0.1, -0.05) is 13.8 Å². The number of hydrogen-bond acceptors (Lipinski definition) is 2. The molecule has 0 saturated heterocycles. The fourth-order valence-corrected chi connectivity index (χ4v) is 0.818. The van der Waals surface area contributed by atoms with Crippen molar-refractivity contribution < 1.29 is 0 Å². The molecule has 0 N–H and O–H groups in total. The average molecular weight is 162 g/mol. The van der Waals surface area contributed by atoms with Crippen LogP contribution >= 0.6 is 0 Å². The largest absolute Gasteiger partial charge is 0.292 e. The number of rotatable bonds is 3. The zero-order valence-electron chi connectivity index (χ0n) is 7.57. The van der Waals surface area contributed by atoms with Crippen LogP contribution in [0.25, 0.3) is 0 Å². The van der Waals surface area contributed by atoms with Gasteiger partial charge >= 0.3 is 0 Å². The van der Waals surface area contributed by atoms with Gasteiger partial charge in [0, 0.05) is 25.2 Å². The second-order valence-corrected chi connectivity index (χ2v) is 3.17. The second-order valence-electron chi connectivity index (χ2n) is 3.17. The summed E-state index contributed by atoms with van der Waals surface area (Å²) in [6, 6.07) is 3.90. The zero-order chi connectivity index (χ0) is 8.81. The Balaban J connectivity index is 2.47. The van der Waals surface area contributed by atoms with E-state index >= 15 is 0 Å². The maximum atomic E-state index is 4.29.